The zero-order valence-corrected chi connectivity index (χ0v) is 15.6. The Morgan fingerprint density at radius 2 is 1.78 bits per heavy atom. The van der Waals surface area contributed by atoms with E-state index in [2.05, 4.69) is 23.0 Å². The molecule has 1 heterocycles. The third-order valence-electron chi connectivity index (χ3n) is 4.04. The molecule has 0 radical (unpaired) electrons. The lowest BCUT2D eigenvalue weighted by atomic mass is 10.1. The van der Waals surface area contributed by atoms with E-state index in [4.69, 9.17) is 0 Å². The van der Waals surface area contributed by atoms with Crippen LogP contribution in [-0.4, -0.2) is 15.7 Å². The lowest BCUT2D eigenvalue weighted by molar-refractivity contribution is 0.101. The summed E-state index contributed by atoms with van der Waals surface area (Å²) in [7, 11) is 1.83. The number of halogens is 2. The van der Waals surface area contributed by atoms with E-state index in [1.807, 2.05) is 26.1 Å². The maximum absolute atomic E-state index is 13.7. The van der Waals surface area contributed by atoms with Gasteiger partial charge in [-0.1, -0.05) is 24.3 Å². The lowest BCUT2D eigenvalue weighted by Gasteiger charge is -2.08. The molecule has 0 fully saturated rings. The number of rotatable bonds is 4. The lowest BCUT2D eigenvalue weighted by Crippen LogP contribution is -2.15. The van der Waals surface area contributed by atoms with Crippen molar-refractivity contribution in [3.05, 3.63) is 77.5 Å². The molecule has 1 aromatic heterocycles. The third kappa shape index (κ3) is 3.93. The monoisotopic (exact) mass is 385 g/mol. The number of anilines is 1. The van der Waals surface area contributed by atoms with E-state index in [9.17, 15) is 13.6 Å². The van der Waals surface area contributed by atoms with Crippen LogP contribution in [-0.2, 0) is 7.05 Å². The molecule has 1 N–H and O–H groups in total. The van der Waals surface area contributed by atoms with E-state index in [0.717, 1.165) is 34.0 Å². The quantitative estimate of drug-likeness (QED) is 0.627. The molecule has 0 atom stereocenters. The van der Waals surface area contributed by atoms with Crippen molar-refractivity contribution in [2.75, 3.05) is 5.32 Å². The van der Waals surface area contributed by atoms with Crippen molar-refractivity contribution in [2.24, 2.45) is 7.05 Å². The number of thiol groups is 1. The van der Waals surface area contributed by atoms with Gasteiger partial charge in [-0.25, -0.2) is 8.78 Å². The van der Waals surface area contributed by atoms with Gasteiger partial charge >= 0.3 is 0 Å². The number of carbonyl (C=O) groups is 1. The summed E-state index contributed by atoms with van der Waals surface area (Å²) < 4.78 is 29.2. The molecule has 138 valence electrons. The Morgan fingerprint density at radius 3 is 2.37 bits per heavy atom. The Kier molecular flexibility index (Phi) is 5.41. The number of aryl methyl sites for hydroxylation is 1. The Bertz CT molecular complexity index is 1010. The predicted octanol–water partition coefficient (Wildman–Crippen LogP) is 4.91. The van der Waals surface area contributed by atoms with Gasteiger partial charge in [-0.15, -0.1) is 12.6 Å². The Balaban J connectivity index is 1.82. The average Bonchev–Trinajstić information content (AvgIpc) is 3.03. The van der Waals surface area contributed by atoms with Crippen LogP contribution in [0.4, 0.5) is 14.5 Å². The number of carbonyl (C=O) groups excluding carboxylic acids is 1. The van der Waals surface area contributed by atoms with Gasteiger partial charge in [0.1, 0.15) is 17.2 Å². The highest BCUT2D eigenvalue weighted by Gasteiger charge is 2.17. The first-order valence-electron chi connectivity index (χ1n) is 8.16. The summed E-state index contributed by atoms with van der Waals surface area (Å²) in [4.78, 5) is 12.9. The van der Waals surface area contributed by atoms with E-state index in [1.54, 1.807) is 28.9 Å². The molecule has 0 aliphatic carbocycles. The molecule has 0 spiro atoms. The average molecular weight is 385 g/mol. The third-order valence-corrected chi connectivity index (χ3v) is 4.53. The highest BCUT2D eigenvalue weighted by atomic mass is 32.1. The number of nitrogens with one attached hydrogen (secondary N) is 1. The first-order valence-corrected chi connectivity index (χ1v) is 8.61. The molecular formula is C20H17F2N3OS. The second kappa shape index (κ2) is 7.75. The van der Waals surface area contributed by atoms with Crippen LogP contribution in [0.25, 0.3) is 16.2 Å². The molecule has 0 saturated carbocycles. The molecule has 7 heteroatoms. The highest BCUT2D eigenvalue weighted by molar-refractivity contribution is 7.90. The van der Waals surface area contributed by atoms with Gasteiger partial charge in [0, 0.05) is 17.6 Å². The molecule has 2 aromatic carbocycles. The fourth-order valence-corrected chi connectivity index (χ4v) is 2.75. The Labute approximate surface area is 160 Å². The van der Waals surface area contributed by atoms with Crippen molar-refractivity contribution in [2.45, 2.75) is 6.92 Å². The minimum Gasteiger partial charge on any atom is -0.322 e. The largest absolute Gasteiger partial charge is 0.322 e. The van der Waals surface area contributed by atoms with Crippen molar-refractivity contribution in [3.63, 3.8) is 0 Å². The summed E-state index contributed by atoms with van der Waals surface area (Å²) in [5.74, 6) is -2.65. The molecule has 0 unspecified atom stereocenters. The van der Waals surface area contributed by atoms with Crippen molar-refractivity contribution >= 4 is 29.1 Å². The van der Waals surface area contributed by atoms with Gasteiger partial charge in [0.25, 0.3) is 5.91 Å². The smallest absolute Gasteiger partial charge is 0.261 e. The predicted molar refractivity (Wildman–Crippen MR) is 106 cm³/mol. The molecule has 1 amide bonds. The van der Waals surface area contributed by atoms with Gasteiger partial charge < -0.3 is 5.32 Å². The number of nitrogens with zero attached hydrogens (tertiary/aromatic N) is 2. The fraction of sp³-hybridized carbons (Fsp3) is 0.100. The first kappa shape index (κ1) is 18.8. The summed E-state index contributed by atoms with van der Waals surface area (Å²) >= 11 is 4.37. The Hall–Kier alpha value is -2.93. The van der Waals surface area contributed by atoms with Crippen LogP contribution >= 0.6 is 12.6 Å². The van der Waals surface area contributed by atoms with Gasteiger partial charge in [-0.05, 0) is 42.8 Å². The number of amides is 1. The van der Waals surface area contributed by atoms with Crippen LogP contribution in [0.3, 0.4) is 0 Å². The van der Waals surface area contributed by atoms with Crippen LogP contribution in [0.1, 0.15) is 23.0 Å². The van der Waals surface area contributed by atoms with E-state index in [1.165, 1.54) is 6.07 Å². The minimum atomic E-state index is -0.905. The summed E-state index contributed by atoms with van der Waals surface area (Å²) in [6.45, 7) is 1.88. The molecule has 4 nitrogen and oxygen atoms in total. The Morgan fingerprint density at radius 1 is 1.15 bits per heavy atom. The summed E-state index contributed by atoms with van der Waals surface area (Å²) in [6, 6.07) is 12.1. The van der Waals surface area contributed by atoms with Crippen molar-refractivity contribution in [3.8, 4) is 11.3 Å². The molecular weight excluding hydrogens is 368 g/mol. The number of aromatic nitrogens is 2. The second-order valence-electron chi connectivity index (χ2n) is 5.84. The van der Waals surface area contributed by atoms with Crippen molar-refractivity contribution < 1.29 is 13.6 Å². The zero-order chi connectivity index (χ0) is 19.6. The van der Waals surface area contributed by atoms with Crippen LogP contribution in [0.5, 0.6) is 0 Å². The summed E-state index contributed by atoms with van der Waals surface area (Å²) in [5, 5.41) is 6.91. The van der Waals surface area contributed by atoms with Gasteiger partial charge in [0.2, 0.25) is 0 Å². The fourth-order valence-electron chi connectivity index (χ4n) is 2.64. The van der Waals surface area contributed by atoms with Crippen LogP contribution in [0.15, 0.2) is 54.6 Å². The number of allylic oxidation sites excluding steroid dienone is 1. The highest BCUT2D eigenvalue weighted by Crippen LogP contribution is 2.26. The van der Waals surface area contributed by atoms with Gasteiger partial charge in [0.15, 0.2) is 0 Å². The van der Waals surface area contributed by atoms with Gasteiger partial charge in [-0.3, -0.25) is 9.48 Å². The first-order chi connectivity index (χ1) is 12.9. The molecule has 3 rings (SSSR count). The van der Waals surface area contributed by atoms with E-state index < -0.39 is 23.1 Å². The van der Waals surface area contributed by atoms with E-state index in [0.29, 0.717) is 5.69 Å². The molecule has 3 aromatic rings. The number of hydrogen-bond donors (Lipinski definition) is 2. The maximum Gasteiger partial charge on any atom is 0.261 e. The topological polar surface area (TPSA) is 46.9 Å². The number of benzene rings is 2. The van der Waals surface area contributed by atoms with Crippen molar-refractivity contribution in [1.29, 1.82) is 0 Å². The summed E-state index contributed by atoms with van der Waals surface area (Å²) in [6.07, 6.45) is 1.86. The van der Waals surface area contributed by atoms with E-state index in [-0.39, 0.29) is 0 Å². The van der Waals surface area contributed by atoms with Gasteiger partial charge in [0.05, 0.1) is 11.4 Å². The molecule has 27 heavy (non-hydrogen) atoms. The SMILES string of the molecule is C/C=C(\S)c1cc(-c2ccc(NC(=O)c3c(F)cccc3F)cc2)n(C)n1. The molecule has 0 aliphatic heterocycles. The minimum absolute atomic E-state index is 0.428. The van der Waals surface area contributed by atoms with Crippen LogP contribution < -0.4 is 5.32 Å². The van der Waals surface area contributed by atoms with Gasteiger partial charge in [-0.2, -0.15) is 5.10 Å². The van der Waals surface area contributed by atoms with Crippen LogP contribution in [0.2, 0.25) is 0 Å². The van der Waals surface area contributed by atoms with Crippen molar-refractivity contribution in [1.82, 2.24) is 9.78 Å². The second-order valence-corrected chi connectivity index (χ2v) is 6.32. The number of hydrogen-bond acceptors (Lipinski definition) is 3. The van der Waals surface area contributed by atoms with E-state index >= 15 is 0 Å². The standard InChI is InChI=1S/C20H17F2N3OS/c1-3-18(27)16-11-17(25(2)24-16)12-7-9-13(10-8-12)23-20(26)19-14(21)5-4-6-15(19)22/h3-11,27H,1-2H3,(H,23,26)/b18-3-. The molecule has 0 aliphatic rings. The molecule has 0 bridgehead atoms. The normalized spacial score (nSPS) is 11.5. The zero-order valence-electron chi connectivity index (χ0n) is 14.7. The molecule has 0 saturated heterocycles. The summed E-state index contributed by atoms with van der Waals surface area (Å²) in [5.41, 5.74) is 2.33. The van der Waals surface area contributed by atoms with Crippen LogP contribution in [0, 0.1) is 11.6 Å². The maximum atomic E-state index is 13.7.